The molecule has 0 N–H and O–H groups in total. The van der Waals surface area contributed by atoms with Crippen LogP contribution in [0.3, 0.4) is 0 Å². The Labute approximate surface area is 136 Å². The van der Waals surface area contributed by atoms with E-state index in [1.54, 1.807) is 0 Å². The summed E-state index contributed by atoms with van der Waals surface area (Å²) in [5, 5.41) is 0. The molecular weight excluding hydrogens is 272 g/mol. The molecule has 2 fully saturated rings. The number of hydrogen-bond acceptors (Lipinski definition) is 2. The van der Waals surface area contributed by atoms with E-state index in [9.17, 15) is 4.79 Å². The summed E-state index contributed by atoms with van der Waals surface area (Å²) in [6.07, 6.45) is 14.9. The zero-order valence-electron chi connectivity index (χ0n) is 14.4. The van der Waals surface area contributed by atoms with Gasteiger partial charge in [0, 0.05) is 5.57 Å². The second-order valence-corrected chi connectivity index (χ2v) is 7.06. The normalized spacial score (nSPS) is 32.8. The second kappa shape index (κ2) is 8.55. The van der Waals surface area contributed by atoms with Gasteiger partial charge in [-0.3, -0.25) is 0 Å². The molecule has 0 aliphatic heterocycles. The van der Waals surface area contributed by atoms with Crippen LogP contribution < -0.4 is 0 Å². The molecule has 2 aliphatic rings. The summed E-state index contributed by atoms with van der Waals surface area (Å²) in [6.45, 7) is 8.41. The number of allylic oxidation sites excluding steroid dienone is 2. The number of carbonyl (C=O) groups is 1. The fraction of sp³-hybridized carbons (Fsp3) is 0.750. The van der Waals surface area contributed by atoms with E-state index >= 15 is 0 Å². The van der Waals surface area contributed by atoms with Gasteiger partial charge in [0.2, 0.25) is 0 Å². The van der Waals surface area contributed by atoms with Crippen LogP contribution in [0.2, 0.25) is 0 Å². The first-order valence-corrected chi connectivity index (χ1v) is 9.14. The highest BCUT2D eigenvalue weighted by Gasteiger charge is 2.32. The predicted molar refractivity (Wildman–Crippen MR) is 91.5 cm³/mol. The molecule has 0 aromatic rings. The molecule has 2 saturated carbocycles. The van der Waals surface area contributed by atoms with Crippen LogP contribution in [0.1, 0.15) is 65.2 Å². The highest BCUT2D eigenvalue weighted by atomic mass is 16.5. The van der Waals surface area contributed by atoms with E-state index in [0.29, 0.717) is 18.1 Å². The van der Waals surface area contributed by atoms with E-state index < -0.39 is 0 Å². The van der Waals surface area contributed by atoms with Crippen LogP contribution in [0.4, 0.5) is 0 Å². The van der Waals surface area contributed by atoms with Crippen LogP contribution in [-0.4, -0.2) is 12.6 Å². The number of rotatable bonds is 5. The van der Waals surface area contributed by atoms with Crippen molar-refractivity contribution in [2.45, 2.75) is 65.2 Å². The first-order valence-electron chi connectivity index (χ1n) is 9.14. The van der Waals surface area contributed by atoms with Crippen LogP contribution in [0.15, 0.2) is 24.3 Å². The van der Waals surface area contributed by atoms with E-state index in [1.807, 2.05) is 6.92 Å². The minimum absolute atomic E-state index is 0.183. The lowest BCUT2D eigenvalue weighted by atomic mass is 9.68. The van der Waals surface area contributed by atoms with Crippen molar-refractivity contribution < 1.29 is 9.53 Å². The smallest absolute Gasteiger partial charge is 0.333 e. The van der Waals surface area contributed by atoms with Crippen molar-refractivity contribution in [3.05, 3.63) is 24.3 Å². The van der Waals surface area contributed by atoms with Gasteiger partial charge in [0.05, 0.1) is 6.61 Å². The molecule has 0 radical (unpaired) electrons. The van der Waals surface area contributed by atoms with Gasteiger partial charge in [-0.05, 0) is 88.9 Å². The molecule has 0 heterocycles. The van der Waals surface area contributed by atoms with Gasteiger partial charge < -0.3 is 4.74 Å². The summed E-state index contributed by atoms with van der Waals surface area (Å²) in [5.41, 5.74) is 0.706. The maximum atomic E-state index is 11.8. The maximum Gasteiger partial charge on any atom is 0.333 e. The molecule has 22 heavy (non-hydrogen) atoms. The number of hydrogen-bond donors (Lipinski definition) is 0. The Morgan fingerprint density at radius 3 is 2.09 bits per heavy atom. The molecule has 0 bridgehead atoms. The van der Waals surface area contributed by atoms with Crippen LogP contribution >= 0.6 is 0 Å². The zero-order chi connectivity index (χ0) is 15.9. The first kappa shape index (κ1) is 17.3. The van der Waals surface area contributed by atoms with Crippen LogP contribution in [0.25, 0.3) is 0 Å². The molecule has 124 valence electrons. The topological polar surface area (TPSA) is 26.3 Å². The van der Waals surface area contributed by atoms with Gasteiger partial charge >= 0.3 is 5.97 Å². The van der Waals surface area contributed by atoms with Gasteiger partial charge in [0.1, 0.15) is 0 Å². The Balaban J connectivity index is 1.76. The molecule has 0 aromatic carbocycles. The molecule has 0 saturated heterocycles. The van der Waals surface area contributed by atoms with Gasteiger partial charge in [-0.1, -0.05) is 18.7 Å². The van der Waals surface area contributed by atoms with Crippen molar-refractivity contribution >= 4 is 5.97 Å². The van der Waals surface area contributed by atoms with Crippen LogP contribution in [0.5, 0.6) is 0 Å². The summed E-state index contributed by atoms with van der Waals surface area (Å²) in [7, 11) is 0. The summed E-state index contributed by atoms with van der Waals surface area (Å²) in [6, 6.07) is 0. The second-order valence-electron chi connectivity index (χ2n) is 7.06. The van der Waals surface area contributed by atoms with Crippen LogP contribution in [-0.2, 0) is 9.53 Å². The Morgan fingerprint density at radius 2 is 1.59 bits per heavy atom. The molecule has 0 atom stereocenters. The van der Waals surface area contributed by atoms with Crippen molar-refractivity contribution in [2.24, 2.45) is 23.7 Å². The number of carbonyl (C=O) groups excluding carboxylic acids is 1. The lowest BCUT2D eigenvalue weighted by Gasteiger charge is -2.37. The average Bonchev–Trinajstić information content (AvgIpc) is 2.55. The minimum atomic E-state index is -0.183. The van der Waals surface area contributed by atoms with Crippen LogP contribution in [0, 0.1) is 23.7 Å². The minimum Gasteiger partial charge on any atom is -0.463 e. The fourth-order valence-electron chi connectivity index (χ4n) is 4.41. The maximum absolute atomic E-state index is 11.8. The zero-order valence-corrected chi connectivity index (χ0v) is 14.4. The SMILES string of the molecule is C=C(C(=O)OCC)C1CCC([C@H]2CC[C@H](/C=C/C)CC2)CC1. The van der Waals surface area contributed by atoms with Crippen molar-refractivity contribution in [3.63, 3.8) is 0 Å². The molecule has 0 unspecified atom stereocenters. The molecule has 2 aliphatic carbocycles. The molecule has 0 amide bonds. The van der Waals surface area contributed by atoms with E-state index in [2.05, 4.69) is 25.7 Å². The largest absolute Gasteiger partial charge is 0.463 e. The molecule has 0 spiro atoms. The Hall–Kier alpha value is -1.05. The molecule has 2 rings (SSSR count). The highest BCUT2D eigenvalue weighted by Crippen LogP contribution is 2.42. The van der Waals surface area contributed by atoms with Gasteiger partial charge in [-0.15, -0.1) is 0 Å². The lowest BCUT2D eigenvalue weighted by molar-refractivity contribution is -0.139. The van der Waals surface area contributed by atoms with E-state index in [0.717, 1.165) is 30.6 Å². The van der Waals surface area contributed by atoms with Gasteiger partial charge in [0.25, 0.3) is 0 Å². The van der Waals surface area contributed by atoms with Crippen molar-refractivity contribution in [1.29, 1.82) is 0 Å². The lowest BCUT2D eigenvalue weighted by Crippen LogP contribution is -2.27. The Bertz CT molecular complexity index is 394. The van der Waals surface area contributed by atoms with E-state index in [-0.39, 0.29) is 5.97 Å². The first-order chi connectivity index (χ1) is 10.7. The van der Waals surface area contributed by atoms with Crippen molar-refractivity contribution in [2.75, 3.05) is 6.61 Å². The van der Waals surface area contributed by atoms with Crippen molar-refractivity contribution in [3.8, 4) is 0 Å². The third-order valence-corrected chi connectivity index (χ3v) is 5.75. The van der Waals surface area contributed by atoms with Gasteiger partial charge in [-0.2, -0.15) is 0 Å². The summed E-state index contributed by atoms with van der Waals surface area (Å²) >= 11 is 0. The Kier molecular flexibility index (Phi) is 6.72. The highest BCUT2D eigenvalue weighted by molar-refractivity contribution is 5.88. The van der Waals surface area contributed by atoms with Gasteiger partial charge in [0.15, 0.2) is 0 Å². The predicted octanol–water partition coefficient (Wildman–Crippen LogP) is 5.29. The Morgan fingerprint density at radius 1 is 1.05 bits per heavy atom. The summed E-state index contributed by atoms with van der Waals surface area (Å²) in [5.74, 6) is 2.78. The monoisotopic (exact) mass is 304 g/mol. The fourth-order valence-corrected chi connectivity index (χ4v) is 4.41. The summed E-state index contributed by atoms with van der Waals surface area (Å²) in [4.78, 5) is 11.8. The standard InChI is InChI=1S/C20H32O2/c1-4-6-16-7-9-18(10-8-16)19-13-11-17(12-14-19)15(3)20(21)22-5-2/h4,6,16-19H,3,5,7-14H2,1-2H3/b6-4+/t16-,17?,18-,19?. The van der Waals surface area contributed by atoms with Gasteiger partial charge in [-0.25, -0.2) is 4.79 Å². The van der Waals surface area contributed by atoms with E-state index in [4.69, 9.17) is 4.74 Å². The molecule has 2 nitrogen and oxygen atoms in total. The summed E-state index contributed by atoms with van der Waals surface area (Å²) < 4.78 is 5.09. The number of esters is 1. The molecular formula is C20H32O2. The van der Waals surface area contributed by atoms with E-state index in [1.165, 1.54) is 38.5 Å². The van der Waals surface area contributed by atoms with Crippen molar-refractivity contribution in [1.82, 2.24) is 0 Å². The molecule has 2 heteroatoms. The number of ether oxygens (including phenoxy) is 1. The average molecular weight is 304 g/mol. The molecule has 0 aromatic heterocycles. The quantitative estimate of drug-likeness (QED) is 0.391. The third kappa shape index (κ3) is 4.47. The third-order valence-electron chi connectivity index (χ3n) is 5.75.